The number of halogens is 2. The molecular weight excluding hydrogens is 325 g/mol. The predicted molar refractivity (Wildman–Crippen MR) is 76.7 cm³/mol. The molecule has 6 heteroatoms. The third-order valence-corrected chi connectivity index (χ3v) is 4.16. The summed E-state index contributed by atoms with van der Waals surface area (Å²) < 4.78 is 19.0. The van der Waals surface area contributed by atoms with E-state index in [0.717, 1.165) is 25.1 Å². The van der Waals surface area contributed by atoms with Gasteiger partial charge in [-0.15, -0.1) is 0 Å². The highest BCUT2D eigenvalue weighted by Crippen LogP contribution is 2.27. The van der Waals surface area contributed by atoms with E-state index in [4.69, 9.17) is 4.52 Å². The number of hydrogen-bond acceptors (Lipinski definition) is 4. The minimum atomic E-state index is -0.294. The normalized spacial score (nSPS) is 19.2. The van der Waals surface area contributed by atoms with Crippen LogP contribution in [0.15, 0.2) is 27.2 Å². The average molecular weight is 340 g/mol. The minimum absolute atomic E-state index is 0.294. The van der Waals surface area contributed by atoms with Crippen LogP contribution < -0.4 is 5.32 Å². The number of piperidine rings is 1. The molecule has 1 saturated heterocycles. The van der Waals surface area contributed by atoms with Crippen LogP contribution in [0.25, 0.3) is 11.4 Å². The number of benzene rings is 1. The summed E-state index contributed by atoms with van der Waals surface area (Å²) in [5.74, 6) is 1.40. The first-order chi connectivity index (χ1) is 9.72. The monoisotopic (exact) mass is 339 g/mol. The maximum absolute atomic E-state index is 13.1. The second kappa shape index (κ2) is 6.01. The Morgan fingerprint density at radius 2 is 2.35 bits per heavy atom. The smallest absolute Gasteiger partial charge is 0.227 e. The van der Waals surface area contributed by atoms with Crippen LogP contribution in [-0.2, 0) is 6.42 Å². The third-order valence-electron chi connectivity index (χ3n) is 3.50. The Hall–Kier alpha value is -1.27. The van der Waals surface area contributed by atoms with Crippen molar-refractivity contribution in [3.05, 3.63) is 34.4 Å². The largest absolute Gasteiger partial charge is 0.339 e. The zero-order chi connectivity index (χ0) is 13.9. The molecule has 1 atom stereocenters. The molecule has 0 bridgehead atoms. The van der Waals surface area contributed by atoms with E-state index in [2.05, 4.69) is 31.4 Å². The minimum Gasteiger partial charge on any atom is -0.339 e. The van der Waals surface area contributed by atoms with E-state index < -0.39 is 0 Å². The summed E-state index contributed by atoms with van der Waals surface area (Å²) in [6, 6.07) is 4.44. The van der Waals surface area contributed by atoms with Crippen LogP contribution in [0, 0.1) is 11.7 Å². The number of nitrogens with zero attached hydrogens (tertiary/aromatic N) is 2. The molecular formula is C14H15BrFN3O. The molecule has 2 heterocycles. The summed E-state index contributed by atoms with van der Waals surface area (Å²) >= 11 is 3.32. The Bertz CT molecular complexity index is 596. The van der Waals surface area contributed by atoms with Crippen LogP contribution in [0.4, 0.5) is 4.39 Å². The first-order valence-electron chi connectivity index (χ1n) is 6.71. The van der Waals surface area contributed by atoms with Gasteiger partial charge in [-0.2, -0.15) is 4.98 Å². The summed E-state index contributed by atoms with van der Waals surface area (Å²) in [7, 11) is 0. The molecule has 1 aromatic carbocycles. The Labute approximate surface area is 124 Å². The van der Waals surface area contributed by atoms with Crippen molar-refractivity contribution >= 4 is 15.9 Å². The van der Waals surface area contributed by atoms with Crippen LogP contribution in [0.3, 0.4) is 0 Å². The van der Waals surface area contributed by atoms with Gasteiger partial charge in [-0.25, -0.2) is 4.39 Å². The molecule has 1 aliphatic heterocycles. The van der Waals surface area contributed by atoms with Gasteiger partial charge in [0.2, 0.25) is 11.7 Å². The zero-order valence-corrected chi connectivity index (χ0v) is 12.5. The van der Waals surface area contributed by atoms with Gasteiger partial charge in [-0.3, -0.25) is 0 Å². The lowest BCUT2D eigenvalue weighted by Gasteiger charge is -2.20. The highest BCUT2D eigenvalue weighted by Gasteiger charge is 2.18. The third kappa shape index (κ3) is 3.07. The molecule has 0 saturated carbocycles. The van der Waals surface area contributed by atoms with Crippen LogP contribution in [-0.4, -0.2) is 23.2 Å². The topological polar surface area (TPSA) is 51.0 Å². The van der Waals surface area contributed by atoms with Crippen molar-refractivity contribution in [1.29, 1.82) is 0 Å². The molecule has 1 fully saturated rings. The summed E-state index contributed by atoms with van der Waals surface area (Å²) in [5.41, 5.74) is 0.739. The maximum atomic E-state index is 13.1. The van der Waals surface area contributed by atoms with Gasteiger partial charge in [0.15, 0.2) is 0 Å². The molecule has 1 aliphatic rings. The van der Waals surface area contributed by atoms with E-state index in [1.807, 2.05) is 0 Å². The van der Waals surface area contributed by atoms with E-state index >= 15 is 0 Å². The van der Waals surface area contributed by atoms with Crippen molar-refractivity contribution < 1.29 is 8.91 Å². The van der Waals surface area contributed by atoms with E-state index in [1.165, 1.54) is 25.0 Å². The lowest BCUT2D eigenvalue weighted by atomic mass is 9.96. The van der Waals surface area contributed by atoms with Crippen molar-refractivity contribution in [2.45, 2.75) is 19.3 Å². The quantitative estimate of drug-likeness (QED) is 0.932. The van der Waals surface area contributed by atoms with Gasteiger partial charge < -0.3 is 9.84 Å². The van der Waals surface area contributed by atoms with E-state index in [-0.39, 0.29) is 5.82 Å². The van der Waals surface area contributed by atoms with Crippen molar-refractivity contribution in [2.75, 3.05) is 13.1 Å². The second-order valence-electron chi connectivity index (χ2n) is 5.05. The van der Waals surface area contributed by atoms with Gasteiger partial charge in [-0.05, 0) is 66.0 Å². The summed E-state index contributed by atoms with van der Waals surface area (Å²) in [5, 5.41) is 7.35. The van der Waals surface area contributed by atoms with E-state index in [1.54, 1.807) is 6.07 Å². The van der Waals surface area contributed by atoms with E-state index in [0.29, 0.717) is 22.1 Å². The van der Waals surface area contributed by atoms with Crippen molar-refractivity contribution in [3.63, 3.8) is 0 Å². The fourth-order valence-corrected chi connectivity index (χ4v) is 2.99. The molecule has 0 amide bonds. The Balaban J connectivity index is 1.75. The van der Waals surface area contributed by atoms with Gasteiger partial charge in [-0.1, -0.05) is 5.16 Å². The molecule has 3 rings (SSSR count). The standard InChI is InChI=1S/C14H15BrFN3O/c15-12-7-10(16)3-4-11(12)14-18-13(20-19-14)6-9-2-1-5-17-8-9/h3-4,7,9,17H,1-2,5-6,8H2. The van der Waals surface area contributed by atoms with Gasteiger partial charge in [0.25, 0.3) is 0 Å². The molecule has 1 unspecified atom stereocenters. The fourth-order valence-electron chi connectivity index (χ4n) is 2.46. The molecule has 1 aromatic heterocycles. The number of hydrogen-bond donors (Lipinski definition) is 1. The Kier molecular flexibility index (Phi) is 4.12. The molecule has 106 valence electrons. The Morgan fingerprint density at radius 1 is 1.45 bits per heavy atom. The van der Waals surface area contributed by atoms with Gasteiger partial charge >= 0.3 is 0 Å². The summed E-state index contributed by atoms with van der Waals surface area (Å²) in [6.07, 6.45) is 3.17. The molecule has 2 aromatic rings. The highest BCUT2D eigenvalue weighted by molar-refractivity contribution is 9.10. The maximum Gasteiger partial charge on any atom is 0.227 e. The zero-order valence-electron chi connectivity index (χ0n) is 10.9. The van der Waals surface area contributed by atoms with Crippen LogP contribution >= 0.6 is 15.9 Å². The van der Waals surface area contributed by atoms with Gasteiger partial charge in [0.1, 0.15) is 5.82 Å². The van der Waals surface area contributed by atoms with Crippen molar-refractivity contribution in [2.24, 2.45) is 5.92 Å². The van der Waals surface area contributed by atoms with Gasteiger partial charge in [0.05, 0.1) is 0 Å². The molecule has 4 nitrogen and oxygen atoms in total. The van der Waals surface area contributed by atoms with Crippen LogP contribution in [0.5, 0.6) is 0 Å². The van der Waals surface area contributed by atoms with E-state index in [9.17, 15) is 4.39 Å². The molecule has 0 spiro atoms. The SMILES string of the molecule is Fc1ccc(-c2noc(CC3CCCNC3)n2)c(Br)c1. The predicted octanol–water partition coefficient (Wildman–Crippen LogP) is 3.18. The fraction of sp³-hybridized carbons (Fsp3) is 0.429. The number of rotatable bonds is 3. The number of nitrogens with one attached hydrogen (secondary N) is 1. The molecule has 0 aliphatic carbocycles. The molecule has 1 N–H and O–H groups in total. The first-order valence-corrected chi connectivity index (χ1v) is 7.50. The van der Waals surface area contributed by atoms with Crippen molar-refractivity contribution in [3.8, 4) is 11.4 Å². The highest BCUT2D eigenvalue weighted by atomic mass is 79.9. The number of aromatic nitrogens is 2. The Morgan fingerprint density at radius 3 is 3.10 bits per heavy atom. The lowest BCUT2D eigenvalue weighted by Crippen LogP contribution is -2.30. The average Bonchev–Trinajstić information content (AvgIpc) is 2.88. The molecule has 0 radical (unpaired) electrons. The van der Waals surface area contributed by atoms with Crippen molar-refractivity contribution in [1.82, 2.24) is 15.5 Å². The first kappa shape index (κ1) is 13.7. The van der Waals surface area contributed by atoms with Gasteiger partial charge in [0, 0.05) is 16.5 Å². The summed E-state index contributed by atoms with van der Waals surface area (Å²) in [4.78, 5) is 4.41. The van der Waals surface area contributed by atoms with Crippen LogP contribution in [0.2, 0.25) is 0 Å². The second-order valence-corrected chi connectivity index (χ2v) is 5.91. The summed E-state index contributed by atoms with van der Waals surface area (Å²) in [6.45, 7) is 2.09. The lowest BCUT2D eigenvalue weighted by molar-refractivity contribution is 0.316. The molecule has 20 heavy (non-hydrogen) atoms. The van der Waals surface area contributed by atoms with Crippen LogP contribution in [0.1, 0.15) is 18.7 Å².